The molecule has 2 atom stereocenters. The Bertz CT molecular complexity index is 967. The SMILES string of the molecule is CCCc1cc(=O)oc2c3c(c4c(c12)OC(C)(C)C=C4)OC[C@H](C)[C@@H]3O. The van der Waals surface area contributed by atoms with E-state index in [-0.39, 0.29) is 5.92 Å². The number of rotatable bonds is 2. The van der Waals surface area contributed by atoms with Crippen molar-refractivity contribution >= 4 is 17.0 Å². The minimum absolute atomic E-state index is 0.0891. The maximum absolute atomic E-state index is 12.2. The van der Waals surface area contributed by atoms with E-state index >= 15 is 0 Å². The van der Waals surface area contributed by atoms with Crippen LogP contribution in [0.1, 0.15) is 56.9 Å². The van der Waals surface area contributed by atoms with Gasteiger partial charge < -0.3 is 19.0 Å². The Kier molecular flexibility index (Phi) is 3.88. The van der Waals surface area contributed by atoms with Gasteiger partial charge in [0.2, 0.25) is 0 Å². The summed E-state index contributed by atoms with van der Waals surface area (Å²) in [6.07, 6.45) is 4.83. The summed E-state index contributed by atoms with van der Waals surface area (Å²) in [5.74, 6) is 1.13. The van der Waals surface area contributed by atoms with Gasteiger partial charge in [-0.3, -0.25) is 0 Å². The molecule has 5 nitrogen and oxygen atoms in total. The average molecular weight is 356 g/mol. The van der Waals surface area contributed by atoms with Crippen LogP contribution in [0.3, 0.4) is 0 Å². The molecule has 1 N–H and O–H groups in total. The van der Waals surface area contributed by atoms with Gasteiger partial charge in [-0.1, -0.05) is 20.3 Å². The fraction of sp³-hybridized carbons (Fsp3) is 0.476. The topological polar surface area (TPSA) is 68.9 Å². The first-order valence-electron chi connectivity index (χ1n) is 9.18. The molecule has 0 radical (unpaired) electrons. The second-order valence-corrected chi connectivity index (χ2v) is 7.80. The van der Waals surface area contributed by atoms with E-state index in [2.05, 4.69) is 6.92 Å². The zero-order valence-electron chi connectivity index (χ0n) is 15.6. The standard InChI is InChI=1S/C21H24O5/c1-5-6-12-9-14(22)25-20-15(12)19-13(7-8-21(3,4)26-19)18-16(20)17(23)11(2)10-24-18/h7-9,11,17,23H,5-6,10H2,1-4H3/t11-,17-/m0/s1. The summed E-state index contributed by atoms with van der Waals surface area (Å²) in [5.41, 5.74) is 1.74. The highest BCUT2D eigenvalue weighted by molar-refractivity contribution is 5.97. The molecule has 0 aliphatic carbocycles. The summed E-state index contributed by atoms with van der Waals surface area (Å²) >= 11 is 0. The maximum atomic E-state index is 12.2. The summed E-state index contributed by atoms with van der Waals surface area (Å²) in [4.78, 5) is 12.2. The lowest BCUT2D eigenvalue weighted by Gasteiger charge is -2.34. The number of aliphatic hydroxyl groups excluding tert-OH is 1. The van der Waals surface area contributed by atoms with Crippen LogP contribution in [-0.2, 0) is 6.42 Å². The van der Waals surface area contributed by atoms with E-state index in [0.29, 0.717) is 29.3 Å². The van der Waals surface area contributed by atoms with E-state index in [1.807, 2.05) is 32.9 Å². The van der Waals surface area contributed by atoms with Crippen molar-refractivity contribution in [2.75, 3.05) is 6.61 Å². The molecule has 0 saturated carbocycles. The summed E-state index contributed by atoms with van der Waals surface area (Å²) < 4.78 is 17.8. The molecule has 1 aromatic carbocycles. The van der Waals surface area contributed by atoms with Crippen molar-refractivity contribution in [1.82, 2.24) is 0 Å². The molecule has 0 unspecified atom stereocenters. The van der Waals surface area contributed by atoms with Crippen LogP contribution in [0.25, 0.3) is 17.0 Å². The number of benzene rings is 1. The molecule has 0 fully saturated rings. The largest absolute Gasteiger partial charge is 0.492 e. The molecule has 2 aromatic rings. The minimum Gasteiger partial charge on any atom is -0.492 e. The van der Waals surface area contributed by atoms with Crippen molar-refractivity contribution in [1.29, 1.82) is 0 Å². The molecule has 0 spiro atoms. The Morgan fingerprint density at radius 1 is 1.31 bits per heavy atom. The summed E-state index contributed by atoms with van der Waals surface area (Å²) in [5, 5.41) is 11.6. The predicted octanol–water partition coefficient (Wildman–Crippen LogP) is 3.99. The first-order valence-corrected chi connectivity index (χ1v) is 9.18. The Labute approximate surface area is 152 Å². The lowest BCUT2D eigenvalue weighted by atomic mass is 9.87. The van der Waals surface area contributed by atoms with Gasteiger partial charge in [-0.05, 0) is 38.0 Å². The van der Waals surface area contributed by atoms with Crippen molar-refractivity contribution in [3.8, 4) is 11.5 Å². The third-order valence-electron chi connectivity index (χ3n) is 5.11. The highest BCUT2D eigenvalue weighted by atomic mass is 16.5. The van der Waals surface area contributed by atoms with E-state index in [1.54, 1.807) is 0 Å². The molecule has 3 heterocycles. The Hall–Kier alpha value is -2.27. The zero-order chi connectivity index (χ0) is 18.6. The summed E-state index contributed by atoms with van der Waals surface area (Å²) in [7, 11) is 0. The van der Waals surface area contributed by atoms with Crippen LogP contribution in [0.5, 0.6) is 11.5 Å². The van der Waals surface area contributed by atoms with Crippen LogP contribution in [0.4, 0.5) is 0 Å². The summed E-state index contributed by atoms with van der Waals surface area (Å²) in [6, 6.07) is 1.53. The van der Waals surface area contributed by atoms with Gasteiger partial charge in [-0.15, -0.1) is 0 Å². The van der Waals surface area contributed by atoms with Gasteiger partial charge in [0.05, 0.1) is 29.2 Å². The van der Waals surface area contributed by atoms with Crippen molar-refractivity contribution in [2.24, 2.45) is 5.92 Å². The Morgan fingerprint density at radius 2 is 2.08 bits per heavy atom. The van der Waals surface area contributed by atoms with Gasteiger partial charge in [-0.2, -0.15) is 0 Å². The number of aryl methyl sites for hydroxylation is 1. The first-order chi connectivity index (χ1) is 12.3. The molecule has 4 rings (SSSR count). The molecule has 0 amide bonds. The molecule has 138 valence electrons. The molecule has 0 bridgehead atoms. The van der Waals surface area contributed by atoms with Gasteiger partial charge in [0.1, 0.15) is 17.1 Å². The Morgan fingerprint density at radius 3 is 2.81 bits per heavy atom. The van der Waals surface area contributed by atoms with E-state index in [0.717, 1.165) is 29.4 Å². The molecule has 2 aliphatic heterocycles. The fourth-order valence-electron chi connectivity index (χ4n) is 3.79. The highest BCUT2D eigenvalue weighted by Gasteiger charge is 2.37. The average Bonchev–Trinajstić information content (AvgIpc) is 2.56. The van der Waals surface area contributed by atoms with Crippen LogP contribution >= 0.6 is 0 Å². The van der Waals surface area contributed by atoms with Crippen molar-refractivity contribution < 1.29 is 19.0 Å². The van der Waals surface area contributed by atoms with E-state index in [1.165, 1.54) is 6.07 Å². The van der Waals surface area contributed by atoms with Crippen molar-refractivity contribution in [3.05, 3.63) is 39.3 Å². The summed E-state index contributed by atoms with van der Waals surface area (Å²) in [6.45, 7) is 8.35. The number of hydrogen-bond acceptors (Lipinski definition) is 5. The van der Waals surface area contributed by atoms with Gasteiger partial charge in [0.15, 0.2) is 5.58 Å². The molecule has 5 heteroatoms. The van der Waals surface area contributed by atoms with Crippen LogP contribution < -0.4 is 15.1 Å². The fourth-order valence-corrected chi connectivity index (χ4v) is 3.79. The number of ether oxygens (including phenoxy) is 2. The van der Waals surface area contributed by atoms with Crippen LogP contribution in [0.15, 0.2) is 21.4 Å². The molecule has 2 aliphatic rings. The lowest BCUT2D eigenvalue weighted by molar-refractivity contribution is 0.0599. The first kappa shape index (κ1) is 17.2. The molecular weight excluding hydrogens is 332 g/mol. The number of fused-ring (bicyclic) bond motifs is 6. The van der Waals surface area contributed by atoms with E-state index in [4.69, 9.17) is 13.9 Å². The number of aliphatic hydroxyl groups is 1. The van der Waals surface area contributed by atoms with Crippen LogP contribution in [-0.4, -0.2) is 17.3 Å². The van der Waals surface area contributed by atoms with Crippen LogP contribution in [0.2, 0.25) is 0 Å². The highest BCUT2D eigenvalue weighted by Crippen LogP contribution is 2.51. The third-order valence-corrected chi connectivity index (χ3v) is 5.11. The van der Waals surface area contributed by atoms with Gasteiger partial charge in [-0.25, -0.2) is 4.79 Å². The Balaban J connectivity index is 2.17. The second kappa shape index (κ2) is 5.88. The quantitative estimate of drug-likeness (QED) is 0.824. The smallest absolute Gasteiger partial charge is 0.336 e. The van der Waals surface area contributed by atoms with Crippen molar-refractivity contribution in [2.45, 2.75) is 52.2 Å². The van der Waals surface area contributed by atoms with Gasteiger partial charge in [0, 0.05) is 12.0 Å². The van der Waals surface area contributed by atoms with E-state index < -0.39 is 17.3 Å². The predicted molar refractivity (Wildman–Crippen MR) is 99.8 cm³/mol. The molecule has 26 heavy (non-hydrogen) atoms. The zero-order valence-corrected chi connectivity index (χ0v) is 15.6. The van der Waals surface area contributed by atoms with Gasteiger partial charge in [0.25, 0.3) is 0 Å². The van der Waals surface area contributed by atoms with Crippen LogP contribution in [0, 0.1) is 5.92 Å². The van der Waals surface area contributed by atoms with E-state index in [9.17, 15) is 9.90 Å². The monoisotopic (exact) mass is 356 g/mol. The van der Waals surface area contributed by atoms with Crippen molar-refractivity contribution in [3.63, 3.8) is 0 Å². The maximum Gasteiger partial charge on any atom is 0.336 e. The third kappa shape index (κ3) is 2.53. The molecule has 0 saturated heterocycles. The second-order valence-electron chi connectivity index (χ2n) is 7.80. The normalized spacial score (nSPS) is 23.1. The lowest BCUT2D eigenvalue weighted by Crippen LogP contribution is -2.30. The minimum atomic E-state index is -0.755. The molecule has 1 aromatic heterocycles. The molecular formula is C21H24O5. The number of hydrogen-bond donors (Lipinski definition) is 1. The van der Waals surface area contributed by atoms with Gasteiger partial charge >= 0.3 is 5.63 Å².